The zero-order chi connectivity index (χ0) is 18.1. The SMILES string of the molecule is CCOc1ccccc1OCCOCCOc1cc(C)c(Cl)c(C)c1. The molecule has 0 amide bonds. The summed E-state index contributed by atoms with van der Waals surface area (Å²) in [5, 5.41) is 0.785. The second kappa shape index (κ2) is 10.2. The third-order valence-corrected chi connectivity index (χ3v) is 4.14. The summed E-state index contributed by atoms with van der Waals surface area (Å²) in [6.45, 7) is 8.42. The molecule has 136 valence electrons. The van der Waals surface area contributed by atoms with Crippen LogP contribution in [0.4, 0.5) is 0 Å². The van der Waals surface area contributed by atoms with Gasteiger partial charge in [-0.25, -0.2) is 0 Å². The Morgan fingerprint density at radius 1 is 0.800 bits per heavy atom. The molecule has 0 radical (unpaired) electrons. The van der Waals surface area contributed by atoms with Gasteiger partial charge >= 0.3 is 0 Å². The highest BCUT2D eigenvalue weighted by molar-refractivity contribution is 6.32. The summed E-state index contributed by atoms with van der Waals surface area (Å²) in [6.07, 6.45) is 0. The number of aryl methyl sites for hydroxylation is 2. The number of ether oxygens (including phenoxy) is 4. The van der Waals surface area contributed by atoms with Gasteiger partial charge < -0.3 is 18.9 Å². The molecule has 0 aliphatic heterocycles. The van der Waals surface area contributed by atoms with Gasteiger partial charge in [0.1, 0.15) is 19.0 Å². The van der Waals surface area contributed by atoms with E-state index in [4.69, 9.17) is 30.5 Å². The second-order valence-corrected chi connectivity index (χ2v) is 5.94. The predicted octanol–water partition coefficient (Wildman–Crippen LogP) is 4.83. The molecule has 0 spiro atoms. The average Bonchev–Trinajstić information content (AvgIpc) is 2.60. The van der Waals surface area contributed by atoms with Crippen LogP contribution in [-0.4, -0.2) is 33.0 Å². The van der Waals surface area contributed by atoms with Gasteiger partial charge in [0.15, 0.2) is 11.5 Å². The van der Waals surface area contributed by atoms with Crippen molar-refractivity contribution in [2.45, 2.75) is 20.8 Å². The second-order valence-electron chi connectivity index (χ2n) is 5.56. The lowest BCUT2D eigenvalue weighted by atomic mass is 10.1. The molecule has 4 nitrogen and oxygen atoms in total. The summed E-state index contributed by atoms with van der Waals surface area (Å²) in [6, 6.07) is 11.5. The lowest BCUT2D eigenvalue weighted by molar-refractivity contribution is 0.0755. The molecule has 2 aromatic carbocycles. The molecule has 0 bridgehead atoms. The molecule has 25 heavy (non-hydrogen) atoms. The van der Waals surface area contributed by atoms with Crippen molar-refractivity contribution in [3.8, 4) is 17.2 Å². The zero-order valence-electron chi connectivity index (χ0n) is 15.0. The van der Waals surface area contributed by atoms with Crippen LogP contribution in [0.5, 0.6) is 17.2 Å². The Morgan fingerprint density at radius 3 is 1.96 bits per heavy atom. The molecule has 0 unspecified atom stereocenters. The molecule has 0 heterocycles. The highest BCUT2D eigenvalue weighted by atomic mass is 35.5. The number of para-hydroxylation sites is 2. The fourth-order valence-corrected chi connectivity index (χ4v) is 2.47. The van der Waals surface area contributed by atoms with E-state index < -0.39 is 0 Å². The molecule has 0 aliphatic rings. The fraction of sp³-hybridized carbons (Fsp3) is 0.400. The fourth-order valence-electron chi connectivity index (χ4n) is 2.36. The highest BCUT2D eigenvalue weighted by Crippen LogP contribution is 2.26. The van der Waals surface area contributed by atoms with Crippen LogP contribution in [0.25, 0.3) is 0 Å². The number of rotatable bonds is 10. The first-order valence-electron chi connectivity index (χ1n) is 8.43. The first-order valence-corrected chi connectivity index (χ1v) is 8.81. The number of halogens is 1. The third-order valence-electron chi connectivity index (χ3n) is 3.54. The van der Waals surface area contributed by atoms with Crippen molar-refractivity contribution >= 4 is 11.6 Å². The van der Waals surface area contributed by atoms with E-state index in [1.807, 2.05) is 57.2 Å². The van der Waals surface area contributed by atoms with Crippen molar-refractivity contribution in [3.05, 3.63) is 52.5 Å². The monoisotopic (exact) mass is 364 g/mol. The van der Waals surface area contributed by atoms with Gasteiger partial charge in [0, 0.05) is 5.02 Å². The highest BCUT2D eigenvalue weighted by Gasteiger charge is 2.04. The molecule has 0 saturated heterocycles. The van der Waals surface area contributed by atoms with Gasteiger partial charge in [0.25, 0.3) is 0 Å². The predicted molar refractivity (Wildman–Crippen MR) is 100 cm³/mol. The summed E-state index contributed by atoms with van der Waals surface area (Å²) in [7, 11) is 0. The summed E-state index contributed by atoms with van der Waals surface area (Å²) in [4.78, 5) is 0. The lowest BCUT2D eigenvalue weighted by Gasteiger charge is -2.12. The van der Waals surface area contributed by atoms with Crippen LogP contribution in [0.15, 0.2) is 36.4 Å². The van der Waals surface area contributed by atoms with E-state index in [0.717, 1.165) is 33.4 Å². The normalized spacial score (nSPS) is 10.6. The summed E-state index contributed by atoms with van der Waals surface area (Å²) >= 11 is 6.15. The molecule has 2 rings (SSSR count). The van der Waals surface area contributed by atoms with Gasteiger partial charge in [0.2, 0.25) is 0 Å². The molecule has 0 aromatic heterocycles. The topological polar surface area (TPSA) is 36.9 Å². The van der Waals surface area contributed by atoms with Gasteiger partial charge in [-0.1, -0.05) is 23.7 Å². The van der Waals surface area contributed by atoms with E-state index >= 15 is 0 Å². The minimum absolute atomic E-state index is 0.462. The van der Waals surface area contributed by atoms with Gasteiger partial charge in [-0.2, -0.15) is 0 Å². The van der Waals surface area contributed by atoms with Crippen LogP contribution in [-0.2, 0) is 4.74 Å². The number of benzene rings is 2. The smallest absolute Gasteiger partial charge is 0.161 e. The average molecular weight is 365 g/mol. The summed E-state index contributed by atoms with van der Waals surface area (Å²) in [5.41, 5.74) is 2.03. The lowest BCUT2D eigenvalue weighted by Crippen LogP contribution is -2.12. The molecular weight excluding hydrogens is 340 g/mol. The zero-order valence-corrected chi connectivity index (χ0v) is 15.8. The van der Waals surface area contributed by atoms with E-state index in [1.54, 1.807) is 0 Å². The Bertz CT molecular complexity index is 649. The molecule has 0 atom stereocenters. The number of hydrogen-bond donors (Lipinski definition) is 0. The van der Waals surface area contributed by atoms with Crippen LogP contribution < -0.4 is 14.2 Å². The van der Waals surface area contributed by atoms with Gasteiger partial charge in [-0.15, -0.1) is 0 Å². The minimum atomic E-state index is 0.462. The maximum Gasteiger partial charge on any atom is 0.161 e. The minimum Gasteiger partial charge on any atom is -0.491 e. The summed E-state index contributed by atoms with van der Waals surface area (Å²) in [5.74, 6) is 2.29. The van der Waals surface area contributed by atoms with Crippen LogP contribution in [0, 0.1) is 13.8 Å². The van der Waals surface area contributed by atoms with E-state index in [2.05, 4.69) is 0 Å². The largest absolute Gasteiger partial charge is 0.491 e. The molecule has 0 aliphatic carbocycles. The molecule has 0 N–H and O–H groups in total. The van der Waals surface area contributed by atoms with Gasteiger partial charge in [0.05, 0.1) is 19.8 Å². The third kappa shape index (κ3) is 6.15. The quantitative estimate of drug-likeness (QED) is 0.566. The van der Waals surface area contributed by atoms with Crippen molar-refractivity contribution in [3.63, 3.8) is 0 Å². The van der Waals surface area contributed by atoms with Gasteiger partial charge in [-0.3, -0.25) is 0 Å². The van der Waals surface area contributed by atoms with Crippen LogP contribution in [0.3, 0.4) is 0 Å². The van der Waals surface area contributed by atoms with Crippen molar-refractivity contribution in [1.82, 2.24) is 0 Å². The molecular formula is C20H25ClO4. The Labute approximate surface area is 154 Å². The van der Waals surface area contributed by atoms with Crippen molar-refractivity contribution in [1.29, 1.82) is 0 Å². The van der Waals surface area contributed by atoms with E-state index in [9.17, 15) is 0 Å². The van der Waals surface area contributed by atoms with Crippen molar-refractivity contribution in [2.75, 3.05) is 33.0 Å². The first kappa shape index (κ1) is 19.4. The molecule has 0 saturated carbocycles. The van der Waals surface area contributed by atoms with Crippen LogP contribution >= 0.6 is 11.6 Å². The molecule has 2 aromatic rings. The van der Waals surface area contributed by atoms with Crippen molar-refractivity contribution in [2.24, 2.45) is 0 Å². The van der Waals surface area contributed by atoms with Gasteiger partial charge in [-0.05, 0) is 56.2 Å². The Morgan fingerprint density at radius 2 is 1.36 bits per heavy atom. The van der Waals surface area contributed by atoms with E-state index in [0.29, 0.717) is 33.0 Å². The van der Waals surface area contributed by atoms with Crippen molar-refractivity contribution < 1.29 is 18.9 Å². The maximum absolute atomic E-state index is 6.15. The van der Waals surface area contributed by atoms with Crippen LogP contribution in [0.2, 0.25) is 5.02 Å². The van der Waals surface area contributed by atoms with Crippen LogP contribution in [0.1, 0.15) is 18.1 Å². The van der Waals surface area contributed by atoms with E-state index in [-0.39, 0.29) is 0 Å². The summed E-state index contributed by atoms with van der Waals surface area (Å²) < 4.78 is 22.4. The standard InChI is InChI=1S/C20H25ClO4/c1-4-23-18-7-5-6-8-19(18)25-12-10-22-9-11-24-17-13-15(2)20(21)16(3)14-17/h5-8,13-14H,4,9-12H2,1-3H3. The maximum atomic E-state index is 6.15. The molecule has 5 heteroatoms. The Kier molecular flexibility index (Phi) is 7.89. The molecule has 0 fully saturated rings. The Balaban J connectivity index is 1.64. The van der Waals surface area contributed by atoms with E-state index in [1.165, 1.54) is 0 Å². The number of hydrogen-bond acceptors (Lipinski definition) is 4. The first-order chi connectivity index (χ1) is 12.1. The Hall–Kier alpha value is -1.91.